The predicted molar refractivity (Wildman–Crippen MR) is 106 cm³/mol. The summed E-state index contributed by atoms with van der Waals surface area (Å²) in [7, 11) is 1.63. The highest BCUT2D eigenvalue weighted by Gasteiger charge is 2.30. The number of aryl methyl sites for hydroxylation is 1. The van der Waals surface area contributed by atoms with Crippen LogP contribution >= 0.6 is 0 Å². The number of nitrogens with one attached hydrogen (secondary N) is 2. The van der Waals surface area contributed by atoms with Gasteiger partial charge < -0.3 is 10.1 Å². The first kappa shape index (κ1) is 17.3. The lowest BCUT2D eigenvalue weighted by Crippen LogP contribution is -2.40. The van der Waals surface area contributed by atoms with Crippen molar-refractivity contribution in [1.82, 2.24) is 9.55 Å². The Balaban J connectivity index is 1.73. The van der Waals surface area contributed by atoms with Crippen LogP contribution in [0.25, 0.3) is 0 Å². The van der Waals surface area contributed by atoms with Gasteiger partial charge in [-0.3, -0.25) is 14.7 Å². The summed E-state index contributed by atoms with van der Waals surface area (Å²) in [4.78, 5) is 22.0. The zero-order valence-electron chi connectivity index (χ0n) is 15.5. The summed E-state index contributed by atoms with van der Waals surface area (Å²) in [6.07, 6.45) is 6.96. The number of methoxy groups -OCH3 is 1. The Morgan fingerprint density at radius 1 is 1.30 bits per heavy atom. The van der Waals surface area contributed by atoms with E-state index in [-0.39, 0.29) is 17.6 Å². The summed E-state index contributed by atoms with van der Waals surface area (Å²) in [5, 5.41) is 6.45. The van der Waals surface area contributed by atoms with Crippen molar-refractivity contribution in [3.8, 4) is 5.75 Å². The monoisotopic (exact) mass is 365 g/mol. The minimum absolute atomic E-state index is 0.0790. The molecule has 7 heteroatoms. The number of nitrogens with zero attached hydrogens (tertiary/aromatic N) is 3. The van der Waals surface area contributed by atoms with Crippen molar-refractivity contribution < 1.29 is 4.74 Å². The average Bonchev–Trinajstić information content (AvgIpc) is 2.68. The summed E-state index contributed by atoms with van der Waals surface area (Å²) >= 11 is 0. The molecular weight excluding hydrogens is 342 g/mol. The van der Waals surface area contributed by atoms with Crippen LogP contribution in [0.3, 0.4) is 0 Å². The number of ether oxygens (including phenoxy) is 1. The van der Waals surface area contributed by atoms with E-state index in [9.17, 15) is 4.79 Å². The minimum Gasteiger partial charge on any atom is -0.495 e. The van der Waals surface area contributed by atoms with Gasteiger partial charge in [0.15, 0.2) is 0 Å². The third kappa shape index (κ3) is 3.45. The van der Waals surface area contributed by atoms with Crippen LogP contribution in [0.15, 0.2) is 52.3 Å². The zero-order chi connectivity index (χ0) is 18.8. The molecule has 0 fully saturated rings. The lowest BCUT2D eigenvalue weighted by molar-refractivity contribution is 0.308. The topological polar surface area (TPSA) is 80.5 Å². The molecular formula is C20H23N5O2. The van der Waals surface area contributed by atoms with E-state index in [2.05, 4.69) is 27.8 Å². The second-order valence-corrected chi connectivity index (χ2v) is 6.82. The summed E-state index contributed by atoms with van der Waals surface area (Å²) in [5.74, 6) is 2.07. The van der Waals surface area contributed by atoms with E-state index in [0.29, 0.717) is 17.6 Å². The first-order valence-corrected chi connectivity index (χ1v) is 9.16. The fraction of sp³-hybridized carbons (Fsp3) is 0.350. The first-order chi connectivity index (χ1) is 13.2. The molecule has 1 aromatic heterocycles. The molecule has 2 aliphatic rings. The van der Waals surface area contributed by atoms with Crippen LogP contribution in [0.5, 0.6) is 5.75 Å². The Morgan fingerprint density at radius 2 is 2.15 bits per heavy atom. The van der Waals surface area contributed by atoms with Gasteiger partial charge in [-0.15, -0.1) is 0 Å². The van der Waals surface area contributed by atoms with Crippen molar-refractivity contribution in [2.45, 2.75) is 32.4 Å². The van der Waals surface area contributed by atoms with Crippen LogP contribution in [0.2, 0.25) is 0 Å². The van der Waals surface area contributed by atoms with Gasteiger partial charge in [0, 0.05) is 17.7 Å². The molecule has 2 aromatic rings. The third-order valence-electron chi connectivity index (χ3n) is 4.93. The fourth-order valence-electron chi connectivity index (χ4n) is 3.62. The number of aromatic nitrogens is 2. The van der Waals surface area contributed by atoms with E-state index in [1.165, 1.54) is 0 Å². The molecule has 1 aliphatic carbocycles. The average molecular weight is 365 g/mol. The van der Waals surface area contributed by atoms with Gasteiger partial charge in [-0.2, -0.15) is 0 Å². The van der Waals surface area contributed by atoms with Crippen LogP contribution < -0.4 is 20.9 Å². The SMILES string of the molecule is COc1ccccc1NC1=NC(C2CC=CCC2)n2c(nc(C)cc2=O)N1. The van der Waals surface area contributed by atoms with Gasteiger partial charge in [-0.25, -0.2) is 9.98 Å². The molecule has 4 rings (SSSR count). The van der Waals surface area contributed by atoms with Crippen LogP contribution in [0.4, 0.5) is 11.6 Å². The predicted octanol–water partition coefficient (Wildman–Crippen LogP) is 3.31. The Hall–Kier alpha value is -3.09. The second kappa shape index (κ2) is 7.26. The molecule has 2 atom stereocenters. The summed E-state index contributed by atoms with van der Waals surface area (Å²) in [5.41, 5.74) is 1.40. The number of para-hydroxylation sites is 2. The summed E-state index contributed by atoms with van der Waals surface area (Å²) in [6.45, 7) is 1.82. The Bertz CT molecular complexity index is 963. The molecule has 7 nitrogen and oxygen atoms in total. The first-order valence-electron chi connectivity index (χ1n) is 9.16. The largest absolute Gasteiger partial charge is 0.495 e. The van der Waals surface area contributed by atoms with Crippen molar-refractivity contribution in [3.05, 3.63) is 58.5 Å². The van der Waals surface area contributed by atoms with Gasteiger partial charge in [-0.1, -0.05) is 24.3 Å². The van der Waals surface area contributed by atoms with Gasteiger partial charge in [0.1, 0.15) is 11.9 Å². The number of aliphatic imine (C=N–C) groups is 1. The Labute approximate surface area is 157 Å². The molecule has 0 radical (unpaired) electrons. The van der Waals surface area contributed by atoms with Crippen LogP contribution in [-0.4, -0.2) is 22.6 Å². The van der Waals surface area contributed by atoms with Gasteiger partial charge in [0.2, 0.25) is 11.9 Å². The van der Waals surface area contributed by atoms with Crippen molar-refractivity contribution in [2.24, 2.45) is 10.9 Å². The number of guanidine groups is 1. The van der Waals surface area contributed by atoms with Gasteiger partial charge >= 0.3 is 0 Å². The number of fused-ring (bicyclic) bond motifs is 1. The molecule has 0 saturated carbocycles. The standard InChI is InChI=1S/C20H23N5O2/c1-13-12-17(26)25-18(14-8-4-3-5-9-14)23-19(24-20(25)21-13)22-15-10-6-7-11-16(15)27-2/h3-4,6-7,10-12,14,18H,5,8-9H2,1-2H3,(H2,21,22,23,24). The second-order valence-electron chi connectivity index (χ2n) is 6.82. The molecule has 140 valence electrons. The Kier molecular flexibility index (Phi) is 4.66. The Morgan fingerprint density at radius 3 is 2.93 bits per heavy atom. The number of benzene rings is 1. The zero-order valence-corrected chi connectivity index (χ0v) is 15.5. The van der Waals surface area contributed by atoms with Crippen LogP contribution in [-0.2, 0) is 0 Å². The smallest absolute Gasteiger partial charge is 0.256 e. The molecule has 0 bridgehead atoms. The third-order valence-corrected chi connectivity index (χ3v) is 4.93. The van der Waals surface area contributed by atoms with Crippen molar-refractivity contribution in [2.75, 3.05) is 17.7 Å². The maximum atomic E-state index is 12.7. The molecule has 1 aromatic carbocycles. The van der Waals surface area contributed by atoms with Gasteiger partial charge in [-0.05, 0) is 38.3 Å². The van der Waals surface area contributed by atoms with E-state index in [4.69, 9.17) is 9.73 Å². The number of allylic oxidation sites excluding steroid dienone is 2. The lowest BCUT2D eigenvalue weighted by atomic mass is 9.91. The van der Waals surface area contributed by atoms with Gasteiger partial charge in [0.25, 0.3) is 5.56 Å². The molecule has 27 heavy (non-hydrogen) atoms. The molecule has 1 aliphatic heterocycles. The number of rotatable bonds is 3. The number of hydrogen-bond acceptors (Lipinski definition) is 6. The van der Waals surface area contributed by atoms with Crippen LogP contribution in [0.1, 0.15) is 31.1 Å². The van der Waals surface area contributed by atoms with Crippen molar-refractivity contribution in [3.63, 3.8) is 0 Å². The highest BCUT2D eigenvalue weighted by Crippen LogP contribution is 2.34. The normalized spacial score (nSPS) is 21.0. The highest BCUT2D eigenvalue weighted by atomic mass is 16.5. The highest BCUT2D eigenvalue weighted by molar-refractivity contribution is 6.04. The molecule has 2 unspecified atom stereocenters. The molecule has 0 saturated heterocycles. The summed E-state index contributed by atoms with van der Waals surface area (Å²) in [6, 6.07) is 9.21. The minimum atomic E-state index is -0.288. The maximum Gasteiger partial charge on any atom is 0.256 e. The van der Waals surface area contributed by atoms with Crippen molar-refractivity contribution >= 4 is 17.6 Å². The number of anilines is 2. The number of hydrogen-bond donors (Lipinski definition) is 2. The lowest BCUT2D eigenvalue weighted by Gasteiger charge is -2.32. The summed E-state index contributed by atoms with van der Waals surface area (Å²) < 4.78 is 7.08. The molecule has 2 heterocycles. The maximum absolute atomic E-state index is 12.7. The van der Waals surface area contributed by atoms with Crippen molar-refractivity contribution in [1.29, 1.82) is 0 Å². The van der Waals surface area contributed by atoms with E-state index in [1.54, 1.807) is 17.7 Å². The molecule has 2 N–H and O–H groups in total. The van der Waals surface area contributed by atoms with Gasteiger partial charge in [0.05, 0.1) is 12.8 Å². The fourth-order valence-corrected chi connectivity index (χ4v) is 3.62. The van der Waals surface area contributed by atoms with E-state index in [1.807, 2.05) is 31.2 Å². The van der Waals surface area contributed by atoms with Crippen LogP contribution in [0, 0.1) is 12.8 Å². The van der Waals surface area contributed by atoms with E-state index < -0.39 is 0 Å². The van der Waals surface area contributed by atoms with E-state index in [0.717, 1.165) is 30.7 Å². The molecule has 0 amide bonds. The quantitative estimate of drug-likeness (QED) is 0.816. The molecule has 0 spiro atoms. The van der Waals surface area contributed by atoms with E-state index >= 15 is 0 Å².